The Kier molecular flexibility index (Phi) is 6.25. The molecule has 2 bridgehead atoms. The van der Waals surface area contributed by atoms with Crippen LogP contribution in [-0.2, 0) is 15.9 Å². The van der Waals surface area contributed by atoms with Crippen molar-refractivity contribution in [2.24, 2.45) is 11.3 Å². The molecule has 0 unspecified atom stereocenters. The summed E-state index contributed by atoms with van der Waals surface area (Å²) in [7, 11) is 0. The summed E-state index contributed by atoms with van der Waals surface area (Å²) in [6, 6.07) is 5.11. The highest BCUT2D eigenvalue weighted by Gasteiger charge is 2.63. The van der Waals surface area contributed by atoms with Gasteiger partial charge in [0.25, 0.3) is 5.89 Å². The monoisotopic (exact) mass is 588 g/mol. The lowest BCUT2D eigenvalue weighted by atomic mass is 9.53. The van der Waals surface area contributed by atoms with Gasteiger partial charge in [0.05, 0.1) is 0 Å². The van der Waals surface area contributed by atoms with Crippen LogP contribution < -0.4 is 4.90 Å². The topological polar surface area (TPSA) is 92.4 Å². The number of aliphatic hydroxyl groups is 1. The lowest BCUT2D eigenvalue weighted by Gasteiger charge is -2.54. The van der Waals surface area contributed by atoms with Gasteiger partial charge in [0.1, 0.15) is 10.4 Å². The molecule has 4 aliphatic rings. The van der Waals surface area contributed by atoms with Crippen molar-refractivity contribution in [3.63, 3.8) is 0 Å². The molecule has 1 N–H and O–H groups in total. The number of fused-ring (bicyclic) bond motifs is 3. The summed E-state index contributed by atoms with van der Waals surface area (Å²) < 4.78 is 59.6. The maximum absolute atomic E-state index is 14.3. The number of hydrogen-bond acceptors (Lipinski definition) is 6. The Morgan fingerprint density at radius 1 is 1.11 bits per heavy atom. The molecule has 0 spiro atoms. The summed E-state index contributed by atoms with van der Waals surface area (Å²) >= 11 is 3.32. The predicted molar refractivity (Wildman–Crippen MR) is 128 cm³/mol. The number of anilines is 1. The average Bonchev–Trinajstić information content (AvgIpc) is 3.33. The molecule has 37 heavy (non-hydrogen) atoms. The van der Waals surface area contributed by atoms with Crippen molar-refractivity contribution in [3.8, 4) is 0 Å². The fourth-order valence-corrected chi connectivity index (χ4v) is 6.39. The molecule has 2 aromatic heterocycles. The Labute approximate surface area is 220 Å². The predicted octanol–water partition coefficient (Wildman–Crippen LogP) is 5.76. The minimum absolute atomic E-state index is 0.0453. The van der Waals surface area contributed by atoms with Crippen LogP contribution in [0.2, 0.25) is 0 Å². The molecule has 2 heterocycles. The Bertz CT molecular complexity index is 1160. The minimum Gasteiger partial charge on any atom is -0.380 e. The first kappa shape index (κ1) is 26.5. The third kappa shape index (κ3) is 4.68. The number of alkyl halides is 4. The van der Waals surface area contributed by atoms with Crippen LogP contribution in [-0.4, -0.2) is 44.5 Å². The van der Waals surface area contributed by atoms with Gasteiger partial charge in [-0.25, -0.2) is 9.37 Å². The van der Waals surface area contributed by atoms with E-state index in [4.69, 9.17) is 4.52 Å². The van der Waals surface area contributed by atoms with E-state index in [9.17, 15) is 27.5 Å². The van der Waals surface area contributed by atoms with Crippen LogP contribution in [0.1, 0.15) is 76.9 Å². The summed E-state index contributed by atoms with van der Waals surface area (Å²) in [4.78, 5) is 23.8. The molecule has 12 heteroatoms. The molecule has 0 saturated heterocycles. The molecule has 6 rings (SSSR count). The molecular formula is C25H29BrF4N4O3. The fraction of sp³-hybridized carbons (Fsp3) is 0.680. The van der Waals surface area contributed by atoms with Gasteiger partial charge in [-0.3, -0.25) is 9.69 Å². The van der Waals surface area contributed by atoms with E-state index < -0.39 is 42.1 Å². The molecule has 7 nitrogen and oxygen atoms in total. The standard InChI is InChI=1S/C25H29BrF4N4O3/c1-21(2,27)20-32-19(33-37-20)23-9-6-22(7-10-23,8-11-23)14-34(17-5-3-4-16(26)31-17)18(35)15-12-24(36,13-15)25(28,29)30/h3-5,15,36H,6-14H2,1-2H3. The van der Waals surface area contributed by atoms with Crippen LogP contribution in [0.3, 0.4) is 0 Å². The highest BCUT2D eigenvalue weighted by molar-refractivity contribution is 9.10. The molecule has 4 saturated carbocycles. The maximum atomic E-state index is 14.3. The summed E-state index contributed by atoms with van der Waals surface area (Å²) in [5.41, 5.74) is -5.10. The van der Waals surface area contributed by atoms with Crippen LogP contribution in [0.5, 0.6) is 0 Å². The molecule has 2 aromatic rings. The molecule has 4 fully saturated rings. The quantitative estimate of drug-likeness (QED) is 0.341. The SMILES string of the molecule is CC(C)(F)c1nc(C23CCC(CN(C(=O)C4CC(O)(C(F)(F)F)C4)c4cccc(Br)n4)(CC2)CC3)no1. The zero-order chi connectivity index (χ0) is 26.9. The summed E-state index contributed by atoms with van der Waals surface area (Å²) in [5.74, 6) is -0.548. The van der Waals surface area contributed by atoms with Crippen LogP contribution in [0.15, 0.2) is 27.3 Å². The first-order valence-corrected chi connectivity index (χ1v) is 13.2. The van der Waals surface area contributed by atoms with Gasteiger partial charge in [0.2, 0.25) is 5.91 Å². The number of nitrogens with zero attached hydrogens (tertiary/aromatic N) is 4. The zero-order valence-corrected chi connectivity index (χ0v) is 22.2. The van der Waals surface area contributed by atoms with Crippen LogP contribution in [0.25, 0.3) is 0 Å². The lowest BCUT2D eigenvalue weighted by Crippen LogP contribution is -2.60. The van der Waals surface area contributed by atoms with E-state index in [-0.39, 0.29) is 16.7 Å². The first-order valence-electron chi connectivity index (χ1n) is 12.4. The highest BCUT2D eigenvalue weighted by atomic mass is 79.9. The highest BCUT2D eigenvalue weighted by Crippen LogP contribution is 2.58. The molecule has 1 amide bonds. The van der Waals surface area contributed by atoms with E-state index >= 15 is 0 Å². The van der Waals surface area contributed by atoms with Gasteiger partial charge in [-0.2, -0.15) is 18.2 Å². The normalized spacial score (nSPS) is 31.7. The van der Waals surface area contributed by atoms with Crippen molar-refractivity contribution in [3.05, 3.63) is 34.5 Å². The Morgan fingerprint density at radius 2 is 1.73 bits per heavy atom. The fourth-order valence-electron chi connectivity index (χ4n) is 6.05. The number of halogens is 5. The molecular weight excluding hydrogens is 560 g/mol. The average molecular weight is 589 g/mol. The molecule has 0 aliphatic heterocycles. The summed E-state index contributed by atoms with van der Waals surface area (Å²) in [5, 5.41) is 14.0. The zero-order valence-electron chi connectivity index (χ0n) is 20.6. The number of carbonyl (C=O) groups excluding carboxylic acids is 1. The molecule has 4 aliphatic carbocycles. The maximum Gasteiger partial charge on any atom is 0.417 e. The van der Waals surface area contributed by atoms with E-state index in [0.29, 0.717) is 22.8 Å². The van der Waals surface area contributed by atoms with Gasteiger partial charge in [0.15, 0.2) is 17.1 Å². The van der Waals surface area contributed by atoms with Crippen molar-refractivity contribution in [2.75, 3.05) is 11.4 Å². The molecule has 0 aromatic carbocycles. The minimum atomic E-state index is -4.77. The Hall–Kier alpha value is -2.08. The molecule has 202 valence electrons. The number of carbonyl (C=O) groups is 1. The second-order valence-electron chi connectivity index (χ2n) is 11.6. The van der Waals surface area contributed by atoms with Gasteiger partial charge >= 0.3 is 6.18 Å². The second-order valence-corrected chi connectivity index (χ2v) is 12.4. The van der Waals surface area contributed by atoms with Crippen LogP contribution >= 0.6 is 15.9 Å². The van der Waals surface area contributed by atoms with Gasteiger partial charge in [-0.15, -0.1) is 0 Å². The van der Waals surface area contributed by atoms with E-state index in [1.54, 1.807) is 18.2 Å². The summed E-state index contributed by atoms with van der Waals surface area (Å²) in [6.45, 7) is 3.06. The number of aromatic nitrogens is 3. The lowest BCUT2D eigenvalue weighted by molar-refractivity contribution is -0.295. The van der Waals surface area contributed by atoms with Crippen molar-refractivity contribution in [1.82, 2.24) is 15.1 Å². The van der Waals surface area contributed by atoms with E-state index in [0.717, 1.165) is 38.5 Å². The van der Waals surface area contributed by atoms with Crippen LogP contribution in [0, 0.1) is 11.3 Å². The summed E-state index contributed by atoms with van der Waals surface area (Å²) in [6.07, 6.45) is -1.59. The van der Waals surface area contributed by atoms with E-state index in [2.05, 4.69) is 31.1 Å². The smallest absolute Gasteiger partial charge is 0.380 e. The Balaban J connectivity index is 1.35. The second kappa shape index (κ2) is 8.72. The Morgan fingerprint density at radius 3 is 2.24 bits per heavy atom. The molecule has 0 atom stereocenters. The van der Waals surface area contributed by atoms with Gasteiger partial charge in [-0.05, 0) is 98.7 Å². The van der Waals surface area contributed by atoms with Gasteiger partial charge < -0.3 is 9.63 Å². The van der Waals surface area contributed by atoms with Gasteiger partial charge in [0, 0.05) is 17.9 Å². The molecule has 0 radical (unpaired) electrons. The third-order valence-electron chi connectivity index (χ3n) is 8.59. The van der Waals surface area contributed by atoms with Crippen molar-refractivity contribution in [2.45, 2.75) is 88.1 Å². The number of amides is 1. The van der Waals surface area contributed by atoms with Gasteiger partial charge in [-0.1, -0.05) is 11.2 Å². The van der Waals surface area contributed by atoms with Crippen molar-refractivity contribution >= 4 is 27.7 Å². The van der Waals surface area contributed by atoms with Crippen LogP contribution in [0.4, 0.5) is 23.4 Å². The van der Waals surface area contributed by atoms with E-state index in [1.165, 1.54) is 18.7 Å². The van der Waals surface area contributed by atoms with Crippen molar-refractivity contribution in [1.29, 1.82) is 0 Å². The third-order valence-corrected chi connectivity index (χ3v) is 9.03. The largest absolute Gasteiger partial charge is 0.417 e. The van der Waals surface area contributed by atoms with E-state index in [1.807, 2.05) is 0 Å². The number of hydrogen-bond donors (Lipinski definition) is 1. The van der Waals surface area contributed by atoms with Crippen molar-refractivity contribution < 1.29 is 32.0 Å². The first-order chi connectivity index (χ1) is 17.2. The number of rotatable bonds is 6. The number of pyridine rings is 1.